The minimum absolute atomic E-state index is 0.0326. The second-order valence-corrected chi connectivity index (χ2v) is 3.80. The van der Waals surface area contributed by atoms with Crippen LogP contribution in [0.3, 0.4) is 0 Å². The van der Waals surface area contributed by atoms with Gasteiger partial charge in [0.05, 0.1) is 11.6 Å². The fourth-order valence-corrected chi connectivity index (χ4v) is 1.39. The molecule has 0 unspecified atom stereocenters. The van der Waals surface area contributed by atoms with Crippen LogP contribution in [0, 0.1) is 11.6 Å². The van der Waals surface area contributed by atoms with Gasteiger partial charge in [0, 0.05) is 12.0 Å². The van der Waals surface area contributed by atoms with Crippen LogP contribution < -0.4 is 5.32 Å². The van der Waals surface area contributed by atoms with Crippen LogP contribution in [0.4, 0.5) is 13.2 Å². The van der Waals surface area contributed by atoms with Gasteiger partial charge in [-0.3, -0.25) is 9.59 Å². The van der Waals surface area contributed by atoms with Gasteiger partial charge in [-0.25, -0.2) is 13.2 Å². The van der Waals surface area contributed by atoms with Crippen molar-refractivity contribution in [2.45, 2.75) is 18.6 Å². The molecule has 1 aromatic carbocycles. The average Bonchev–Trinajstić information content (AvgIpc) is 2.93. The number of hydrogen-bond acceptors (Lipinski definition) is 2. The lowest BCUT2D eigenvalue weighted by atomic mass is 10.1. The van der Waals surface area contributed by atoms with Gasteiger partial charge in [0.15, 0.2) is 6.29 Å². The molecular weight excluding hydrogens is 235 g/mol. The summed E-state index contributed by atoms with van der Waals surface area (Å²) >= 11 is 0. The average molecular weight is 243 g/mol. The SMILES string of the molecule is O=Cc1c(F)cc(C(=O)N[C@H]2C[C@H]2F)cc1F. The Kier molecular flexibility index (Phi) is 2.87. The van der Waals surface area contributed by atoms with Crippen molar-refractivity contribution in [1.29, 1.82) is 0 Å². The maximum atomic E-state index is 13.2. The second kappa shape index (κ2) is 4.20. The summed E-state index contributed by atoms with van der Waals surface area (Å²) in [5.74, 6) is -2.99. The van der Waals surface area contributed by atoms with E-state index in [1.807, 2.05) is 0 Å². The fourth-order valence-electron chi connectivity index (χ4n) is 1.39. The summed E-state index contributed by atoms with van der Waals surface area (Å²) in [5.41, 5.74) is -0.999. The van der Waals surface area contributed by atoms with E-state index in [1.165, 1.54) is 0 Å². The summed E-state index contributed by atoms with van der Waals surface area (Å²) in [6, 6.07) is 0.912. The first-order valence-corrected chi connectivity index (χ1v) is 4.92. The first kappa shape index (κ1) is 11.6. The van der Waals surface area contributed by atoms with Crippen molar-refractivity contribution in [1.82, 2.24) is 5.32 Å². The lowest BCUT2D eigenvalue weighted by Gasteiger charge is -2.05. The van der Waals surface area contributed by atoms with E-state index in [9.17, 15) is 22.8 Å². The van der Waals surface area contributed by atoms with Crippen molar-refractivity contribution in [2.75, 3.05) is 0 Å². The molecule has 1 aromatic rings. The molecular formula is C11H8F3NO2. The third-order valence-corrected chi connectivity index (χ3v) is 2.49. The molecule has 3 nitrogen and oxygen atoms in total. The van der Waals surface area contributed by atoms with E-state index < -0.39 is 35.3 Å². The summed E-state index contributed by atoms with van der Waals surface area (Å²) < 4.78 is 38.9. The van der Waals surface area contributed by atoms with Crippen molar-refractivity contribution < 1.29 is 22.8 Å². The summed E-state index contributed by atoms with van der Waals surface area (Å²) in [7, 11) is 0. The number of aldehydes is 1. The zero-order valence-corrected chi connectivity index (χ0v) is 8.54. The lowest BCUT2D eigenvalue weighted by Crippen LogP contribution is -2.27. The standard InChI is InChI=1S/C11H8F3NO2/c12-7-1-5(2-8(13)6(7)4-16)11(17)15-10-3-9(10)14/h1-2,4,9-10H,3H2,(H,15,17)/t9-,10+/m1/s1. The molecule has 17 heavy (non-hydrogen) atoms. The van der Waals surface area contributed by atoms with E-state index >= 15 is 0 Å². The van der Waals surface area contributed by atoms with Crippen molar-refractivity contribution in [3.05, 3.63) is 34.9 Å². The van der Waals surface area contributed by atoms with Crippen LogP contribution >= 0.6 is 0 Å². The monoisotopic (exact) mass is 243 g/mol. The highest BCUT2D eigenvalue weighted by Crippen LogP contribution is 2.25. The van der Waals surface area contributed by atoms with Gasteiger partial charge in [-0.05, 0) is 12.1 Å². The van der Waals surface area contributed by atoms with Gasteiger partial charge < -0.3 is 5.32 Å². The molecule has 1 aliphatic carbocycles. The Labute approximate surface area is 94.6 Å². The molecule has 90 valence electrons. The van der Waals surface area contributed by atoms with Crippen LogP contribution in [0.25, 0.3) is 0 Å². The van der Waals surface area contributed by atoms with Gasteiger partial charge in [-0.1, -0.05) is 0 Å². The Morgan fingerprint density at radius 3 is 2.29 bits per heavy atom. The zero-order chi connectivity index (χ0) is 12.6. The Morgan fingerprint density at radius 2 is 1.88 bits per heavy atom. The normalized spacial score (nSPS) is 22.1. The minimum Gasteiger partial charge on any atom is -0.346 e. The molecule has 1 saturated carbocycles. The third kappa shape index (κ3) is 2.30. The van der Waals surface area contributed by atoms with Gasteiger partial charge in [0.2, 0.25) is 0 Å². The predicted octanol–water partition coefficient (Wildman–Crippen LogP) is 1.62. The third-order valence-electron chi connectivity index (χ3n) is 2.49. The highest BCUT2D eigenvalue weighted by Gasteiger charge is 2.38. The second-order valence-electron chi connectivity index (χ2n) is 3.80. The number of carbonyl (C=O) groups excluding carboxylic acids is 2. The van der Waals surface area contributed by atoms with E-state index in [-0.39, 0.29) is 18.3 Å². The van der Waals surface area contributed by atoms with Gasteiger partial charge in [-0.2, -0.15) is 0 Å². The maximum Gasteiger partial charge on any atom is 0.251 e. The number of carbonyl (C=O) groups is 2. The molecule has 2 rings (SSSR count). The summed E-state index contributed by atoms with van der Waals surface area (Å²) in [6.07, 6.45) is -0.851. The predicted molar refractivity (Wildman–Crippen MR) is 52.5 cm³/mol. The smallest absolute Gasteiger partial charge is 0.251 e. The summed E-state index contributed by atoms with van der Waals surface area (Å²) in [6.45, 7) is 0. The number of alkyl halides is 1. The minimum atomic E-state index is -1.11. The molecule has 0 heterocycles. The van der Waals surface area contributed by atoms with E-state index in [2.05, 4.69) is 5.32 Å². The molecule has 0 spiro atoms. The van der Waals surface area contributed by atoms with Crippen LogP contribution in [0.2, 0.25) is 0 Å². The topological polar surface area (TPSA) is 46.2 Å². The van der Waals surface area contributed by atoms with Crippen LogP contribution in [0.5, 0.6) is 0 Å². The van der Waals surface area contributed by atoms with E-state index in [1.54, 1.807) is 0 Å². The molecule has 1 aliphatic rings. The van der Waals surface area contributed by atoms with Crippen LogP contribution in [0.15, 0.2) is 12.1 Å². The molecule has 2 atom stereocenters. The Morgan fingerprint density at radius 1 is 1.35 bits per heavy atom. The molecule has 0 bridgehead atoms. The number of halogens is 3. The van der Waals surface area contributed by atoms with Gasteiger partial charge in [0.1, 0.15) is 17.8 Å². The Hall–Kier alpha value is -1.85. The van der Waals surface area contributed by atoms with Crippen LogP contribution in [-0.2, 0) is 0 Å². The lowest BCUT2D eigenvalue weighted by molar-refractivity contribution is 0.0945. The van der Waals surface area contributed by atoms with Gasteiger partial charge in [-0.15, -0.1) is 0 Å². The quantitative estimate of drug-likeness (QED) is 0.820. The molecule has 6 heteroatoms. The fraction of sp³-hybridized carbons (Fsp3) is 0.273. The number of nitrogens with one attached hydrogen (secondary N) is 1. The van der Waals surface area contributed by atoms with Crippen molar-refractivity contribution in [3.63, 3.8) is 0 Å². The van der Waals surface area contributed by atoms with E-state index in [4.69, 9.17) is 0 Å². The highest BCUT2D eigenvalue weighted by atomic mass is 19.1. The van der Waals surface area contributed by atoms with Crippen LogP contribution in [0.1, 0.15) is 27.1 Å². The van der Waals surface area contributed by atoms with Gasteiger partial charge in [0.25, 0.3) is 5.91 Å². The number of benzene rings is 1. The molecule has 0 aliphatic heterocycles. The van der Waals surface area contributed by atoms with Crippen molar-refractivity contribution >= 4 is 12.2 Å². The van der Waals surface area contributed by atoms with Crippen molar-refractivity contribution in [3.8, 4) is 0 Å². The molecule has 0 aromatic heterocycles. The largest absolute Gasteiger partial charge is 0.346 e. The highest BCUT2D eigenvalue weighted by molar-refractivity contribution is 5.95. The van der Waals surface area contributed by atoms with E-state index in [0.29, 0.717) is 0 Å². The zero-order valence-electron chi connectivity index (χ0n) is 8.54. The number of hydrogen-bond donors (Lipinski definition) is 1. The van der Waals surface area contributed by atoms with E-state index in [0.717, 1.165) is 12.1 Å². The number of rotatable bonds is 3. The Balaban J connectivity index is 2.21. The summed E-state index contributed by atoms with van der Waals surface area (Å²) in [4.78, 5) is 21.8. The summed E-state index contributed by atoms with van der Waals surface area (Å²) in [5, 5.41) is 2.28. The molecule has 1 amide bonds. The first-order chi connectivity index (χ1) is 8.02. The Bertz CT molecular complexity index is 467. The maximum absolute atomic E-state index is 13.2. The van der Waals surface area contributed by atoms with Gasteiger partial charge >= 0.3 is 0 Å². The molecule has 1 N–H and O–H groups in total. The molecule has 1 fully saturated rings. The van der Waals surface area contributed by atoms with Crippen molar-refractivity contribution in [2.24, 2.45) is 0 Å². The number of amides is 1. The molecule has 0 saturated heterocycles. The molecule has 0 radical (unpaired) electrons. The van der Waals surface area contributed by atoms with Crippen LogP contribution in [-0.4, -0.2) is 24.4 Å². The first-order valence-electron chi connectivity index (χ1n) is 4.92.